The van der Waals surface area contributed by atoms with Gasteiger partial charge in [-0.1, -0.05) is 29.3 Å². The first-order valence-corrected chi connectivity index (χ1v) is 9.59. The first-order valence-electron chi connectivity index (χ1n) is 8.83. The normalized spacial score (nSPS) is 17.0. The number of carbonyl (C=O) groups excluding carboxylic acids is 2. The molecule has 27 heavy (non-hydrogen) atoms. The number of nitrogens with zero attached hydrogens (tertiary/aromatic N) is 1. The molecule has 0 bridgehead atoms. The van der Waals surface area contributed by atoms with Gasteiger partial charge in [0.05, 0.1) is 21.6 Å². The summed E-state index contributed by atoms with van der Waals surface area (Å²) >= 11 is 12.4. The van der Waals surface area contributed by atoms with E-state index in [4.69, 9.17) is 27.9 Å². The number of hydrogen-bond acceptors (Lipinski definition) is 3. The van der Waals surface area contributed by atoms with Crippen LogP contribution in [0.4, 0.5) is 4.79 Å². The van der Waals surface area contributed by atoms with E-state index in [1.807, 2.05) is 13.0 Å². The molecule has 2 aromatic rings. The highest BCUT2D eigenvalue weighted by molar-refractivity contribution is 6.45. The Morgan fingerprint density at radius 1 is 1.33 bits per heavy atom. The van der Waals surface area contributed by atoms with Crippen molar-refractivity contribution in [2.45, 2.75) is 45.8 Å². The lowest BCUT2D eigenvalue weighted by atomic mass is 9.97. The quantitative estimate of drug-likeness (QED) is 0.766. The van der Waals surface area contributed by atoms with Crippen LogP contribution in [0.1, 0.15) is 45.0 Å². The van der Waals surface area contributed by atoms with Crippen molar-refractivity contribution in [3.63, 3.8) is 0 Å². The molecule has 1 aromatic heterocycles. The van der Waals surface area contributed by atoms with Crippen molar-refractivity contribution in [2.24, 2.45) is 0 Å². The van der Waals surface area contributed by atoms with Gasteiger partial charge >= 0.3 is 6.09 Å². The summed E-state index contributed by atoms with van der Waals surface area (Å²) in [5.41, 5.74) is 2.29. The molecule has 2 heterocycles. The van der Waals surface area contributed by atoms with Crippen LogP contribution in [0.2, 0.25) is 10.0 Å². The first-order chi connectivity index (χ1) is 12.6. The van der Waals surface area contributed by atoms with Crippen LogP contribution in [-0.4, -0.2) is 40.6 Å². The summed E-state index contributed by atoms with van der Waals surface area (Å²) in [7, 11) is 0. The molecule has 2 N–H and O–H groups in total. The monoisotopic (exact) mass is 411 g/mol. The molecule has 1 atom stereocenters. The third-order valence-electron chi connectivity index (χ3n) is 4.58. The second-order valence-electron chi connectivity index (χ2n) is 7.67. The molecule has 1 aliphatic heterocycles. The van der Waals surface area contributed by atoms with E-state index in [-0.39, 0.29) is 18.5 Å². The van der Waals surface area contributed by atoms with E-state index in [1.165, 1.54) is 0 Å². The average Bonchev–Trinajstić information content (AvgIpc) is 2.95. The van der Waals surface area contributed by atoms with E-state index in [0.29, 0.717) is 23.0 Å². The lowest BCUT2D eigenvalue weighted by molar-refractivity contribution is -0.132. The number of amides is 2. The van der Waals surface area contributed by atoms with Gasteiger partial charge in [0.15, 0.2) is 0 Å². The van der Waals surface area contributed by atoms with Crippen molar-refractivity contribution in [1.29, 1.82) is 0 Å². The zero-order valence-corrected chi connectivity index (χ0v) is 17.3. The number of aromatic nitrogens is 1. The molecule has 8 heteroatoms. The minimum atomic E-state index is -0.606. The molecule has 0 spiro atoms. The summed E-state index contributed by atoms with van der Waals surface area (Å²) in [6.45, 7) is 7.75. The van der Waals surface area contributed by atoms with E-state index in [2.05, 4.69) is 10.3 Å². The number of fused-ring (bicyclic) bond motifs is 3. The predicted octanol–water partition coefficient (Wildman–Crippen LogP) is 4.45. The fraction of sp³-hybridized carbons (Fsp3) is 0.474. The summed E-state index contributed by atoms with van der Waals surface area (Å²) in [5, 5.41) is 4.47. The second kappa shape index (κ2) is 7.24. The third-order valence-corrected chi connectivity index (χ3v) is 5.38. The number of rotatable bonds is 2. The number of benzene rings is 1. The molecule has 6 nitrogen and oxygen atoms in total. The molecule has 0 fully saturated rings. The Morgan fingerprint density at radius 2 is 2.04 bits per heavy atom. The van der Waals surface area contributed by atoms with Crippen molar-refractivity contribution in [1.82, 2.24) is 15.2 Å². The molecular formula is C19H23Cl2N3O3. The molecule has 2 amide bonds. The van der Waals surface area contributed by atoms with Gasteiger partial charge < -0.3 is 19.9 Å². The SMILES string of the molecule is C[C@@H]1c2c([nH]c3c(Cl)c(Cl)ccc23)CCN1C(=O)CNC(=O)OC(C)(C)C. The van der Waals surface area contributed by atoms with Crippen LogP contribution in [0.5, 0.6) is 0 Å². The molecule has 0 radical (unpaired) electrons. The highest BCUT2D eigenvalue weighted by atomic mass is 35.5. The molecule has 0 saturated heterocycles. The maximum atomic E-state index is 12.7. The number of hydrogen-bond donors (Lipinski definition) is 2. The van der Waals surface area contributed by atoms with Crippen LogP contribution < -0.4 is 5.32 Å². The van der Waals surface area contributed by atoms with Gasteiger partial charge in [-0.3, -0.25) is 4.79 Å². The maximum Gasteiger partial charge on any atom is 0.408 e. The lowest BCUT2D eigenvalue weighted by Gasteiger charge is -2.34. The summed E-state index contributed by atoms with van der Waals surface area (Å²) in [6, 6.07) is 3.54. The molecule has 0 unspecified atom stereocenters. The second-order valence-corrected chi connectivity index (χ2v) is 8.45. The Hall–Kier alpha value is -1.92. The highest BCUT2D eigenvalue weighted by Crippen LogP contribution is 2.39. The van der Waals surface area contributed by atoms with E-state index in [0.717, 1.165) is 22.2 Å². The number of aromatic amines is 1. The van der Waals surface area contributed by atoms with Crippen molar-refractivity contribution >= 4 is 46.1 Å². The van der Waals surface area contributed by atoms with E-state index in [1.54, 1.807) is 31.7 Å². The van der Waals surface area contributed by atoms with E-state index in [9.17, 15) is 9.59 Å². The Morgan fingerprint density at radius 3 is 2.70 bits per heavy atom. The highest BCUT2D eigenvalue weighted by Gasteiger charge is 2.31. The zero-order chi connectivity index (χ0) is 19.9. The molecule has 1 aliphatic rings. The van der Waals surface area contributed by atoms with Crippen molar-refractivity contribution in [2.75, 3.05) is 13.1 Å². The van der Waals surface area contributed by atoms with Crippen molar-refractivity contribution in [3.8, 4) is 0 Å². The fourth-order valence-corrected chi connectivity index (χ4v) is 3.81. The van der Waals surface area contributed by atoms with Gasteiger partial charge in [-0.2, -0.15) is 0 Å². The summed E-state index contributed by atoms with van der Waals surface area (Å²) in [6.07, 6.45) is 0.0789. The van der Waals surface area contributed by atoms with Crippen molar-refractivity contribution < 1.29 is 14.3 Å². The van der Waals surface area contributed by atoms with Crippen LogP contribution in [0, 0.1) is 0 Å². The Kier molecular flexibility index (Phi) is 5.32. The molecule has 146 valence electrons. The number of halogens is 2. The predicted molar refractivity (Wildman–Crippen MR) is 106 cm³/mol. The number of nitrogens with one attached hydrogen (secondary N) is 2. The van der Waals surface area contributed by atoms with Gasteiger partial charge in [-0.25, -0.2) is 4.79 Å². The van der Waals surface area contributed by atoms with Gasteiger partial charge in [0, 0.05) is 29.6 Å². The smallest absolute Gasteiger partial charge is 0.408 e. The van der Waals surface area contributed by atoms with Crippen LogP contribution in [-0.2, 0) is 16.0 Å². The largest absolute Gasteiger partial charge is 0.444 e. The van der Waals surface area contributed by atoms with Crippen LogP contribution in [0.15, 0.2) is 12.1 Å². The van der Waals surface area contributed by atoms with Gasteiger partial charge in [-0.15, -0.1) is 0 Å². The number of carbonyl (C=O) groups is 2. The van der Waals surface area contributed by atoms with E-state index < -0.39 is 11.7 Å². The molecule has 1 aromatic carbocycles. The van der Waals surface area contributed by atoms with Gasteiger partial charge in [-0.05, 0) is 33.8 Å². The molecule has 0 saturated carbocycles. The minimum Gasteiger partial charge on any atom is -0.444 e. The Labute approximate surface area is 168 Å². The third kappa shape index (κ3) is 4.01. The average molecular weight is 412 g/mol. The minimum absolute atomic E-state index is 0.108. The zero-order valence-electron chi connectivity index (χ0n) is 15.8. The lowest BCUT2D eigenvalue weighted by Crippen LogP contribution is -2.45. The summed E-state index contributed by atoms with van der Waals surface area (Å²) in [5.74, 6) is -0.159. The fourth-order valence-electron chi connectivity index (χ4n) is 3.44. The van der Waals surface area contributed by atoms with E-state index >= 15 is 0 Å². The molecular weight excluding hydrogens is 389 g/mol. The van der Waals surface area contributed by atoms with Crippen molar-refractivity contribution in [3.05, 3.63) is 33.4 Å². The van der Waals surface area contributed by atoms with Crippen LogP contribution in [0.25, 0.3) is 10.9 Å². The topological polar surface area (TPSA) is 74.4 Å². The van der Waals surface area contributed by atoms with Crippen LogP contribution in [0.3, 0.4) is 0 Å². The summed E-state index contributed by atoms with van der Waals surface area (Å²) in [4.78, 5) is 29.6. The van der Waals surface area contributed by atoms with Gasteiger partial charge in [0.2, 0.25) is 5.91 Å². The van der Waals surface area contributed by atoms with Gasteiger partial charge in [0.25, 0.3) is 0 Å². The van der Waals surface area contributed by atoms with Crippen LogP contribution >= 0.6 is 23.2 Å². The number of H-pyrrole nitrogens is 1. The molecule has 0 aliphatic carbocycles. The Balaban J connectivity index is 1.76. The maximum absolute atomic E-state index is 12.7. The molecule has 3 rings (SSSR count). The summed E-state index contributed by atoms with van der Waals surface area (Å²) < 4.78 is 5.18. The first kappa shape index (κ1) is 19.8. The van der Waals surface area contributed by atoms with Gasteiger partial charge in [0.1, 0.15) is 12.1 Å². The standard InChI is InChI=1S/C19H23Cl2N3O3/c1-10-15-11-5-6-12(20)16(21)17(11)23-13(15)7-8-24(10)14(25)9-22-18(26)27-19(2,3)4/h5-6,10,23H,7-9H2,1-4H3,(H,22,26)/t10-/m1/s1. The number of ether oxygens (including phenoxy) is 1. The number of alkyl carbamates (subject to hydrolysis) is 1. The Bertz CT molecular complexity index is 902.